The third-order valence-electron chi connectivity index (χ3n) is 6.58. The zero-order valence-corrected chi connectivity index (χ0v) is 16.4. The number of nitrogens with zero attached hydrogens (tertiary/aromatic N) is 3. The van der Waals surface area contributed by atoms with Gasteiger partial charge in [0.2, 0.25) is 0 Å². The summed E-state index contributed by atoms with van der Waals surface area (Å²) in [7, 11) is 0. The summed E-state index contributed by atoms with van der Waals surface area (Å²) < 4.78 is 5.69. The van der Waals surface area contributed by atoms with E-state index >= 15 is 0 Å². The standard InChI is InChI=1S/C22H33N3O2/c26-22(21-8-4-14-27-21)25(17-19-5-3-11-23-15-19)16-18-9-12-24(13-10-18)20-6-1-2-7-20/h3,5,11,15,18,20-21H,1-2,4,6-10,12-14,16-17H2. The minimum atomic E-state index is -0.236. The summed E-state index contributed by atoms with van der Waals surface area (Å²) in [5.41, 5.74) is 1.10. The van der Waals surface area contributed by atoms with Crippen molar-refractivity contribution in [3.8, 4) is 0 Å². The fourth-order valence-corrected chi connectivity index (χ4v) is 5.00. The molecule has 27 heavy (non-hydrogen) atoms. The molecule has 0 aromatic carbocycles. The summed E-state index contributed by atoms with van der Waals surface area (Å²) in [6, 6.07) is 4.83. The van der Waals surface area contributed by atoms with Gasteiger partial charge in [-0.1, -0.05) is 18.9 Å². The summed E-state index contributed by atoms with van der Waals surface area (Å²) >= 11 is 0. The largest absolute Gasteiger partial charge is 0.368 e. The maximum atomic E-state index is 13.1. The lowest BCUT2D eigenvalue weighted by Crippen LogP contribution is -2.45. The molecule has 1 saturated carbocycles. The first kappa shape index (κ1) is 18.9. The van der Waals surface area contributed by atoms with Gasteiger partial charge >= 0.3 is 0 Å². The molecule has 0 bridgehead atoms. The highest BCUT2D eigenvalue weighted by atomic mass is 16.5. The Labute approximate surface area is 163 Å². The number of likely N-dealkylation sites (tertiary alicyclic amines) is 1. The number of rotatable bonds is 6. The monoisotopic (exact) mass is 371 g/mol. The van der Waals surface area contributed by atoms with Crippen LogP contribution in [0.1, 0.15) is 56.9 Å². The van der Waals surface area contributed by atoms with Crippen molar-refractivity contribution in [1.29, 1.82) is 0 Å². The van der Waals surface area contributed by atoms with Gasteiger partial charge in [-0.05, 0) is 69.2 Å². The van der Waals surface area contributed by atoms with Gasteiger partial charge in [-0.2, -0.15) is 0 Å². The molecular weight excluding hydrogens is 338 g/mol. The lowest BCUT2D eigenvalue weighted by atomic mass is 9.94. The van der Waals surface area contributed by atoms with Gasteiger partial charge in [0.05, 0.1) is 0 Å². The molecule has 5 heteroatoms. The van der Waals surface area contributed by atoms with Gasteiger partial charge in [0.15, 0.2) is 0 Å². The van der Waals surface area contributed by atoms with Gasteiger partial charge in [-0.25, -0.2) is 0 Å². The molecular formula is C22H33N3O2. The van der Waals surface area contributed by atoms with E-state index in [1.165, 1.54) is 51.6 Å². The van der Waals surface area contributed by atoms with E-state index < -0.39 is 0 Å². The van der Waals surface area contributed by atoms with Crippen LogP contribution in [0.15, 0.2) is 24.5 Å². The minimum Gasteiger partial charge on any atom is -0.368 e. The summed E-state index contributed by atoms with van der Waals surface area (Å²) in [4.78, 5) is 22.0. The number of ether oxygens (including phenoxy) is 1. The van der Waals surface area contributed by atoms with Crippen LogP contribution in [0, 0.1) is 5.92 Å². The second-order valence-electron chi connectivity index (χ2n) is 8.50. The van der Waals surface area contributed by atoms with E-state index in [0.29, 0.717) is 12.5 Å². The molecule has 1 unspecified atom stereocenters. The second kappa shape index (κ2) is 9.16. The molecule has 1 aromatic rings. The molecule has 3 aliphatic rings. The van der Waals surface area contributed by atoms with Crippen LogP contribution >= 0.6 is 0 Å². The van der Waals surface area contributed by atoms with E-state index in [1.54, 1.807) is 6.20 Å². The van der Waals surface area contributed by atoms with Crippen molar-refractivity contribution in [3.05, 3.63) is 30.1 Å². The molecule has 3 heterocycles. The topological polar surface area (TPSA) is 45.7 Å². The van der Waals surface area contributed by atoms with Gasteiger partial charge in [0.25, 0.3) is 5.91 Å². The van der Waals surface area contributed by atoms with Crippen molar-refractivity contribution >= 4 is 5.91 Å². The van der Waals surface area contributed by atoms with Crippen LogP contribution in [-0.2, 0) is 16.1 Å². The third kappa shape index (κ3) is 4.88. The Morgan fingerprint density at radius 1 is 1.15 bits per heavy atom. The van der Waals surface area contributed by atoms with Gasteiger partial charge in [0, 0.05) is 38.1 Å². The van der Waals surface area contributed by atoms with Crippen LogP contribution in [0.5, 0.6) is 0 Å². The Morgan fingerprint density at radius 2 is 1.96 bits per heavy atom. The van der Waals surface area contributed by atoms with Crippen LogP contribution in [0.25, 0.3) is 0 Å². The Balaban J connectivity index is 1.36. The van der Waals surface area contributed by atoms with Crippen molar-refractivity contribution in [2.75, 3.05) is 26.2 Å². The molecule has 2 saturated heterocycles. The first-order valence-corrected chi connectivity index (χ1v) is 10.8. The summed E-state index contributed by atoms with van der Waals surface area (Å²) in [5.74, 6) is 0.777. The Morgan fingerprint density at radius 3 is 2.63 bits per heavy atom. The van der Waals surface area contributed by atoms with Crippen molar-refractivity contribution in [2.24, 2.45) is 5.92 Å². The predicted octanol–water partition coefficient (Wildman–Crippen LogP) is 3.24. The van der Waals surface area contributed by atoms with Gasteiger partial charge in [-0.3, -0.25) is 9.78 Å². The first-order chi connectivity index (χ1) is 13.3. The van der Waals surface area contributed by atoms with Crippen molar-refractivity contribution in [3.63, 3.8) is 0 Å². The molecule has 0 radical (unpaired) electrons. The van der Waals surface area contributed by atoms with E-state index in [0.717, 1.165) is 37.6 Å². The van der Waals surface area contributed by atoms with E-state index in [4.69, 9.17) is 4.74 Å². The lowest BCUT2D eigenvalue weighted by molar-refractivity contribution is -0.142. The normalized spacial score (nSPS) is 25.1. The second-order valence-corrected chi connectivity index (χ2v) is 8.50. The molecule has 0 spiro atoms. The van der Waals surface area contributed by atoms with Gasteiger partial charge in [-0.15, -0.1) is 0 Å². The van der Waals surface area contributed by atoms with E-state index in [9.17, 15) is 4.79 Å². The van der Waals surface area contributed by atoms with E-state index in [2.05, 4.69) is 16.0 Å². The highest BCUT2D eigenvalue weighted by Gasteiger charge is 2.32. The first-order valence-electron chi connectivity index (χ1n) is 10.8. The quantitative estimate of drug-likeness (QED) is 0.770. The van der Waals surface area contributed by atoms with Crippen molar-refractivity contribution < 1.29 is 9.53 Å². The molecule has 3 fully saturated rings. The molecule has 148 valence electrons. The van der Waals surface area contributed by atoms with Crippen molar-refractivity contribution in [1.82, 2.24) is 14.8 Å². The fraction of sp³-hybridized carbons (Fsp3) is 0.727. The SMILES string of the molecule is O=C(C1CCCO1)N(Cc1cccnc1)CC1CCN(C2CCCC2)CC1. The Kier molecular flexibility index (Phi) is 6.40. The maximum Gasteiger partial charge on any atom is 0.252 e. The van der Waals surface area contributed by atoms with Crippen LogP contribution in [0.3, 0.4) is 0 Å². The third-order valence-corrected chi connectivity index (χ3v) is 6.58. The summed E-state index contributed by atoms with van der Waals surface area (Å²) in [6.45, 7) is 4.62. The molecule has 1 aromatic heterocycles. The highest BCUT2D eigenvalue weighted by molar-refractivity contribution is 5.81. The highest BCUT2D eigenvalue weighted by Crippen LogP contribution is 2.29. The van der Waals surface area contributed by atoms with E-state index in [-0.39, 0.29) is 12.0 Å². The number of amides is 1. The number of carbonyl (C=O) groups is 1. The fourth-order valence-electron chi connectivity index (χ4n) is 5.00. The van der Waals surface area contributed by atoms with Crippen LogP contribution < -0.4 is 0 Å². The average molecular weight is 372 g/mol. The van der Waals surface area contributed by atoms with Gasteiger partial charge in [0.1, 0.15) is 6.10 Å². The molecule has 1 atom stereocenters. The molecule has 5 nitrogen and oxygen atoms in total. The van der Waals surface area contributed by atoms with Crippen LogP contribution in [0.2, 0.25) is 0 Å². The minimum absolute atomic E-state index is 0.176. The average Bonchev–Trinajstić information content (AvgIpc) is 3.42. The van der Waals surface area contributed by atoms with Crippen molar-refractivity contribution in [2.45, 2.75) is 70.1 Å². The predicted molar refractivity (Wildman–Crippen MR) is 105 cm³/mol. The van der Waals surface area contributed by atoms with E-state index in [1.807, 2.05) is 17.2 Å². The number of aromatic nitrogens is 1. The Bertz CT molecular complexity index is 589. The molecule has 4 rings (SSSR count). The molecule has 2 aliphatic heterocycles. The molecule has 0 N–H and O–H groups in total. The molecule has 1 aliphatic carbocycles. The number of carbonyl (C=O) groups excluding carboxylic acids is 1. The number of piperidine rings is 1. The lowest BCUT2D eigenvalue weighted by Gasteiger charge is -2.38. The number of hydrogen-bond acceptors (Lipinski definition) is 4. The van der Waals surface area contributed by atoms with Gasteiger partial charge < -0.3 is 14.5 Å². The number of hydrogen-bond donors (Lipinski definition) is 0. The van der Waals surface area contributed by atoms with Crippen LogP contribution in [-0.4, -0.2) is 59.1 Å². The maximum absolute atomic E-state index is 13.1. The number of pyridine rings is 1. The summed E-state index contributed by atoms with van der Waals surface area (Å²) in [6.07, 6.45) is 13.3. The summed E-state index contributed by atoms with van der Waals surface area (Å²) in [5, 5.41) is 0. The zero-order chi connectivity index (χ0) is 18.5. The smallest absolute Gasteiger partial charge is 0.252 e. The Hall–Kier alpha value is -1.46. The zero-order valence-electron chi connectivity index (χ0n) is 16.4. The molecule has 1 amide bonds. The van der Waals surface area contributed by atoms with Crippen LogP contribution in [0.4, 0.5) is 0 Å².